The van der Waals surface area contributed by atoms with Gasteiger partial charge >= 0.3 is 23.1 Å². The fourth-order valence-electron chi connectivity index (χ4n) is 5.70. The van der Waals surface area contributed by atoms with Gasteiger partial charge in [0.25, 0.3) is 0 Å². The van der Waals surface area contributed by atoms with Crippen molar-refractivity contribution < 1.29 is 0 Å². The predicted octanol–water partition coefficient (Wildman–Crippen LogP) is 10.9. The zero-order valence-corrected chi connectivity index (χ0v) is 28.0. The van der Waals surface area contributed by atoms with E-state index < -0.39 is 0 Å². The smallest absolute Gasteiger partial charge is 0.164 e. The topological polar surface area (TPSA) is 0 Å². The monoisotopic (exact) mass is 574 g/mol. The molecule has 0 aliphatic rings. The molecular weight excluding hydrogens is 533 g/mol. The van der Waals surface area contributed by atoms with Gasteiger partial charge in [-0.05, 0) is 45.2 Å². The number of hydrogen-bond acceptors (Lipinski definition) is 0. The first-order valence-corrected chi connectivity index (χ1v) is 17.8. The maximum atomic E-state index is 2.52. The van der Waals surface area contributed by atoms with Crippen LogP contribution in [0.4, 0.5) is 0 Å². The second-order valence-electron chi connectivity index (χ2n) is 11.4. The molecule has 0 aliphatic carbocycles. The van der Waals surface area contributed by atoms with Gasteiger partial charge < -0.3 is 0 Å². The second kappa shape index (κ2) is 16.0. The van der Waals surface area contributed by atoms with E-state index in [1.807, 2.05) is 0 Å². The molecule has 2 heteroatoms. The first-order valence-electron chi connectivity index (χ1n) is 15.2. The fraction of sp³-hybridized carbons (Fsp3) is 0.225. The molecule has 0 bridgehead atoms. The first-order chi connectivity index (χ1) is 20.1. The molecule has 0 spiro atoms. The molecule has 6 aromatic rings. The summed E-state index contributed by atoms with van der Waals surface area (Å²) in [6.45, 7) is 6.96. The van der Waals surface area contributed by atoms with Gasteiger partial charge in [0.1, 0.15) is 0 Å². The Hall–Kier alpha value is -3.05. The molecule has 0 N–H and O–H groups in total. The Balaban J connectivity index is 0.000000190. The third-order valence-electron chi connectivity index (χ3n) is 7.83. The van der Waals surface area contributed by atoms with Crippen LogP contribution in [0.15, 0.2) is 121 Å². The number of unbranched alkanes of at least 4 members (excludes halogenated alkanes) is 2. The molecule has 42 heavy (non-hydrogen) atoms. The SMILES string of the molecule is CCCCc1cc2c(-c3ccccc3)cccc2[cH-]1.C[Si](C)=CCCCc1cc2c(-c3ccccc3)cccc2[cH-]1.[Mg+2]. The van der Waals surface area contributed by atoms with E-state index in [4.69, 9.17) is 0 Å². The van der Waals surface area contributed by atoms with Crippen LogP contribution in [0, 0.1) is 0 Å². The summed E-state index contributed by atoms with van der Waals surface area (Å²) in [7, 11) is -0.180. The third kappa shape index (κ3) is 8.28. The maximum absolute atomic E-state index is 2.52. The summed E-state index contributed by atoms with van der Waals surface area (Å²) >= 11 is 0. The number of aryl methyl sites for hydroxylation is 2. The minimum atomic E-state index is -0.180. The molecule has 0 atom stereocenters. The van der Waals surface area contributed by atoms with Crippen LogP contribution >= 0.6 is 0 Å². The van der Waals surface area contributed by atoms with Crippen LogP contribution in [0.5, 0.6) is 0 Å². The standard InChI is InChI=1S/C21H23Si.C19H19.Mg/c1-22(2)14-7-6-9-17-15-19-12-8-13-20(21(19)16-17)18-10-4-3-5-11-18;1-2-3-8-15-13-17-11-7-12-18(19(17)14-15)16-9-5-4-6-10-16;/h3-5,8,10-16H,6-7,9H2,1-2H3;4-7,9-14H,2-3,8H2,1H3;/q2*-1;+2. The predicted molar refractivity (Wildman–Crippen MR) is 191 cm³/mol. The molecule has 0 aliphatic heterocycles. The van der Waals surface area contributed by atoms with Crippen molar-refractivity contribution in [2.75, 3.05) is 0 Å². The Labute approximate surface area is 270 Å². The van der Waals surface area contributed by atoms with Gasteiger partial charge in [-0.3, -0.25) is 0 Å². The van der Waals surface area contributed by atoms with Gasteiger partial charge in [-0.2, -0.15) is 12.1 Å². The molecule has 0 heterocycles. The first kappa shape index (κ1) is 31.9. The van der Waals surface area contributed by atoms with Gasteiger partial charge in [-0.25, -0.2) is 0 Å². The van der Waals surface area contributed by atoms with Crippen molar-refractivity contribution >= 4 is 58.7 Å². The van der Waals surface area contributed by atoms with Crippen molar-refractivity contribution in [1.29, 1.82) is 0 Å². The number of hydrogen-bond donors (Lipinski definition) is 0. The van der Waals surface area contributed by atoms with Crippen LogP contribution in [0.1, 0.15) is 43.7 Å². The summed E-state index contributed by atoms with van der Waals surface area (Å²) < 4.78 is 0. The molecule has 0 aromatic heterocycles. The van der Waals surface area contributed by atoms with E-state index in [-0.39, 0.29) is 31.5 Å². The van der Waals surface area contributed by atoms with E-state index in [0.29, 0.717) is 0 Å². The Kier molecular flexibility index (Phi) is 12.1. The van der Waals surface area contributed by atoms with Gasteiger partial charge in [0.2, 0.25) is 0 Å². The number of fused-ring (bicyclic) bond motifs is 2. The van der Waals surface area contributed by atoms with Crippen LogP contribution in [0.2, 0.25) is 13.1 Å². The van der Waals surface area contributed by atoms with E-state index in [1.165, 1.54) is 93.5 Å². The normalized spacial score (nSPS) is 10.6. The van der Waals surface area contributed by atoms with E-state index in [0.717, 1.165) is 0 Å². The second-order valence-corrected chi connectivity index (χ2v) is 13.9. The van der Waals surface area contributed by atoms with Gasteiger partial charge in [0.15, 0.2) is 0 Å². The van der Waals surface area contributed by atoms with Gasteiger partial charge in [-0.1, -0.05) is 117 Å². The van der Waals surface area contributed by atoms with Crippen LogP contribution in [-0.2, 0) is 12.8 Å². The van der Waals surface area contributed by atoms with Crippen LogP contribution in [0.3, 0.4) is 0 Å². The van der Waals surface area contributed by atoms with E-state index in [2.05, 4.69) is 147 Å². The summed E-state index contributed by atoms with van der Waals surface area (Å²) in [5.74, 6) is 0. The molecule has 0 radical (unpaired) electrons. The van der Waals surface area contributed by atoms with Gasteiger partial charge in [0, 0.05) is 0 Å². The molecule has 0 unspecified atom stereocenters. The average molecular weight is 575 g/mol. The van der Waals surface area contributed by atoms with Crippen molar-refractivity contribution in [2.24, 2.45) is 0 Å². The summed E-state index contributed by atoms with van der Waals surface area (Å²) in [6, 6.07) is 44.1. The number of rotatable bonds is 9. The minimum absolute atomic E-state index is 0. The molecule has 6 aromatic carbocycles. The van der Waals surface area contributed by atoms with Crippen LogP contribution in [0.25, 0.3) is 43.8 Å². The van der Waals surface area contributed by atoms with Crippen LogP contribution < -0.4 is 0 Å². The largest absolute Gasteiger partial charge is 2.00 e. The third-order valence-corrected chi connectivity index (χ3v) is 8.94. The van der Waals surface area contributed by atoms with E-state index in [9.17, 15) is 0 Å². The number of benzene rings is 4. The summed E-state index contributed by atoms with van der Waals surface area (Å²) in [5.41, 5.74) is 10.8. The molecular formula is C40H42MgSi. The molecule has 0 saturated heterocycles. The fourth-order valence-corrected chi connectivity index (χ4v) is 6.48. The zero-order chi connectivity index (χ0) is 28.4. The molecule has 0 amide bonds. The van der Waals surface area contributed by atoms with Gasteiger partial charge in [0.05, 0.1) is 0 Å². The van der Waals surface area contributed by atoms with Crippen molar-refractivity contribution in [1.82, 2.24) is 0 Å². The van der Waals surface area contributed by atoms with Crippen molar-refractivity contribution in [3.63, 3.8) is 0 Å². The Morgan fingerprint density at radius 2 is 1.07 bits per heavy atom. The zero-order valence-electron chi connectivity index (χ0n) is 25.6. The Morgan fingerprint density at radius 3 is 1.52 bits per heavy atom. The van der Waals surface area contributed by atoms with Crippen LogP contribution in [-0.4, -0.2) is 37.1 Å². The van der Waals surface area contributed by atoms with Gasteiger partial charge in [-0.15, -0.1) is 74.7 Å². The van der Waals surface area contributed by atoms with Crippen molar-refractivity contribution in [3.05, 3.63) is 132 Å². The minimum Gasteiger partial charge on any atom is -0.164 e. The molecule has 208 valence electrons. The van der Waals surface area contributed by atoms with Crippen molar-refractivity contribution in [3.8, 4) is 22.3 Å². The van der Waals surface area contributed by atoms with Crippen molar-refractivity contribution in [2.45, 2.75) is 58.5 Å². The summed E-state index contributed by atoms with van der Waals surface area (Å²) in [6.07, 6.45) is 7.44. The molecule has 6 rings (SSSR count). The Bertz CT molecular complexity index is 1700. The molecule has 0 fully saturated rings. The summed E-state index contributed by atoms with van der Waals surface area (Å²) in [5, 5.41) is 5.52. The Morgan fingerprint density at radius 1 is 0.595 bits per heavy atom. The molecule has 0 nitrogen and oxygen atoms in total. The maximum Gasteiger partial charge on any atom is 2.00 e. The molecule has 0 saturated carbocycles. The summed E-state index contributed by atoms with van der Waals surface area (Å²) in [4.78, 5) is 0. The quantitative estimate of drug-likeness (QED) is 0.0915. The average Bonchev–Trinajstić information content (AvgIpc) is 3.63. The van der Waals surface area contributed by atoms with E-state index >= 15 is 0 Å². The van der Waals surface area contributed by atoms with E-state index in [1.54, 1.807) is 0 Å².